The highest BCUT2D eigenvalue weighted by atomic mass is 16.5. The molecule has 1 atom stereocenters. The quantitative estimate of drug-likeness (QED) is 0.181. The van der Waals surface area contributed by atoms with Crippen LogP contribution in [0.3, 0.4) is 0 Å². The average molecular weight is 606 g/mol. The van der Waals surface area contributed by atoms with Gasteiger partial charge in [0.05, 0.1) is 60.6 Å². The molecule has 0 bridgehead atoms. The van der Waals surface area contributed by atoms with Gasteiger partial charge < -0.3 is 24.3 Å². The number of carbonyl (C=O) groups excluding carboxylic acids is 3. The maximum atomic E-state index is 13.3. The zero-order chi connectivity index (χ0) is 31.9. The summed E-state index contributed by atoms with van der Waals surface area (Å²) in [4.78, 5) is 48.3. The first-order valence-corrected chi connectivity index (χ1v) is 14.1. The SMILES string of the molecule is CCC(OC(=O)c1ccc2nc(-c3ccc(OC)cc3)c(-c3ccc(OC)cc3)nc2c1)C(=O)Nc1ccccc1C(=O)OC. The number of benzene rings is 4. The lowest BCUT2D eigenvalue weighted by molar-refractivity contribution is -0.124. The van der Waals surface area contributed by atoms with Crippen LogP contribution in [0.1, 0.15) is 34.1 Å². The molecule has 10 heteroatoms. The van der Waals surface area contributed by atoms with Gasteiger partial charge in [0.1, 0.15) is 11.5 Å². The summed E-state index contributed by atoms with van der Waals surface area (Å²) in [7, 11) is 4.46. The third-order valence-corrected chi connectivity index (χ3v) is 7.13. The van der Waals surface area contributed by atoms with E-state index in [0.29, 0.717) is 33.9 Å². The Bertz CT molecular complexity index is 1850. The summed E-state index contributed by atoms with van der Waals surface area (Å²) in [5, 5.41) is 2.67. The van der Waals surface area contributed by atoms with Crippen molar-refractivity contribution in [2.24, 2.45) is 0 Å². The number of rotatable bonds is 10. The normalized spacial score (nSPS) is 11.4. The summed E-state index contributed by atoms with van der Waals surface area (Å²) >= 11 is 0. The first-order chi connectivity index (χ1) is 21.8. The van der Waals surface area contributed by atoms with E-state index >= 15 is 0 Å². The summed E-state index contributed by atoms with van der Waals surface area (Å²) in [6, 6.07) is 26.3. The summed E-state index contributed by atoms with van der Waals surface area (Å²) in [5.74, 6) is -0.460. The van der Waals surface area contributed by atoms with Gasteiger partial charge in [-0.05, 0) is 85.3 Å². The predicted molar refractivity (Wildman–Crippen MR) is 169 cm³/mol. The van der Waals surface area contributed by atoms with Crippen LogP contribution in [0.25, 0.3) is 33.5 Å². The molecule has 228 valence electrons. The lowest BCUT2D eigenvalue weighted by Gasteiger charge is -2.17. The van der Waals surface area contributed by atoms with Crippen LogP contribution >= 0.6 is 0 Å². The van der Waals surface area contributed by atoms with E-state index in [2.05, 4.69) is 5.32 Å². The van der Waals surface area contributed by atoms with E-state index in [0.717, 1.165) is 11.1 Å². The fourth-order valence-corrected chi connectivity index (χ4v) is 4.69. The first kappa shape index (κ1) is 30.7. The smallest absolute Gasteiger partial charge is 0.339 e. The predicted octanol–water partition coefficient (Wildman–Crippen LogP) is 6.34. The number of aromatic nitrogens is 2. The number of nitrogens with zero attached hydrogens (tertiary/aromatic N) is 2. The molecule has 4 aromatic carbocycles. The van der Waals surface area contributed by atoms with E-state index in [-0.39, 0.29) is 23.2 Å². The number of para-hydroxylation sites is 1. The fourth-order valence-electron chi connectivity index (χ4n) is 4.69. The molecule has 0 aliphatic rings. The van der Waals surface area contributed by atoms with Gasteiger partial charge in [-0.2, -0.15) is 0 Å². The minimum atomic E-state index is -1.11. The van der Waals surface area contributed by atoms with Gasteiger partial charge in [0, 0.05) is 11.1 Å². The van der Waals surface area contributed by atoms with Crippen LogP contribution in [-0.4, -0.2) is 55.2 Å². The number of esters is 2. The Morgan fingerprint density at radius 1 is 0.711 bits per heavy atom. The summed E-state index contributed by atoms with van der Waals surface area (Å²) in [6.45, 7) is 1.72. The standard InChI is InChI=1S/C35H31N3O7/c1-5-30(33(39)38-27-9-7-6-8-26(27)35(41)44-4)45-34(40)23-14-19-28-29(20-23)37-32(22-12-17-25(43-3)18-13-22)31(36-28)21-10-15-24(42-2)16-11-21/h6-20,30H,5H2,1-4H3,(H,38,39). The Labute approximate surface area is 259 Å². The maximum absolute atomic E-state index is 13.3. The highest BCUT2D eigenvalue weighted by Crippen LogP contribution is 2.33. The number of nitrogens with one attached hydrogen (secondary N) is 1. The number of hydrogen-bond donors (Lipinski definition) is 1. The van der Waals surface area contributed by atoms with Gasteiger partial charge in [0.25, 0.3) is 5.91 Å². The number of methoxy groups -OCH3 is 3. The van der Waals surface area contributed by atoms with Crippen molar-refractivity contribution < 1.29 is 33.3 Å². The Morgan fingerprint density at radius 2 is 1.29 bits per heavy atom. The van der Waals surface area contributed by atoms with Crippen LogP contribution in [0.5, 0.6) is 11.5 Å². The van der Waals surface area contributed by atoms with Crippen molar-refractivity contribution in [1.29, 1.82) is 0 Å². The molecule has 5 aromatic rings. The van der Waals surface area contributed by atoms with Gasteiger partial charge in [-0.1, -0.05) is 19.1 Å². The third kappa shape index (κ3) is 6.75. The van der Waals surface area contributed by atoms with Crippen molar-refractivity contribution in [3.63, 3.8) is 0 Å². The lowest BCUT2D eigenvalue weighted by Crippen LogP contribution is -2.32. The molecular weight excluding hydrogens is 574 g/mol. The molecule has 0 aliphatic carbocycles. The van der Waals surface area contributed by atoms with Crippen LogP contribution in [-0.2, 0) is 14.3 Å². The van der Waals surface area contributed by atoms with Crippen LogP contribution < -0.4 is 14.8 Å². The lowest BCUT2D eigenvalue weighted by atomic mass is 10.0. The molecule has 1 aromatic heterocycles. The van der Waals surface area contributed by atoms with Crippen LogP contribution in [0.15, 0.2) is 91.0 Å². The average Bonchev–Trinajstić information content (AvgIpc) is 3.09. The number of amides is 1. The van der Waals surface area contributed by atoms with E-state index in [9.17, 15) is 14.4 Å². The number of fused-ring (bicyclic) bond motifs is 1. The molecule has 1 unspecified atom stereocenters. The molecule has 0 saturated carbocycles. The topological polar surface area (TPSA) is 126 Å². The molecule has 45 heavy (non-hydrogen) atoms. The highest BCUT2D eigenvalue weighted by molar-refractivity contribution is 6.03. The molecule has 5 rings (SSSR count). The van der Waals surface area contributed by atoms with Gasteiger partial charge in [0.15, 0.2) is 6.10 Å². The van der Waals surface area contributed by atoms with Gasteiger partial charge in [-0.3, -0.25) is 4.79 Å². The second-order valence-electron chi connectivity index (χ2n) is 9.91. The van der Waals surface area contributed by atoms with Crippen LogP contribution in [0.4, 0.5) is 5.69 Å². The number of hydrogen-bond acceptors (Lipinski definition) is 9. The molecule has 0 aliphatic heterocycles. The third-order valence-electron chi connectivity index (χ3n) is 7.13. The molecule has 0 spiro atoms. The molecule has 1 N–H and O–H groups in total. The number of anilines is 1. The Morgan fingerprint density at radius 3 is 1.84 bits per heavy atom. The molecule has 10 nitrogen and oxygen atoms in total. The zero-order valence-electron chi connectivity index (χ0n) is 25.2. The van der Waals surface area contributed by atoms with Crippen LogP contribution in [0.2, 0.25) is 0 Å². The minimum absolute atomic E-state index is 0.185. The van der Waals surface area contributed by atoms with Crippen molar-refractivity contribution in [3.05, 3.63) is 102 Å². The minimum Gasteiger partial charge on any atom is -0.497 e. The molecule has 0 saturated heterocycles. The summed E-state index contributed by atoms with van der Waals surface area (Å²) < 4.78 is 21.0. The van der Waals surface area contributed by atoms with Gasteiger partial charge in [-0.25, -0.2) is 19.6 Å². The van der Waals surface area contributed by atoms with Crippen molar-refractivity contribution in [2.45, 2.75) is 19.4 Å². The summed E-state index contributed by atoms with van der Waals surface area (Å²) in [5.41, 5.74) is 4.58. The molecule has 0 fully saturated rings. The van der Waals surface area contributed by atoms with Gasteiger partial charge in [0.2, 0.25) is 0 Å². The Kier molecular flexibility index (Phi) is 9.33. The largest absolute Gasteiger partial charge is 0.497 e. The van der Waals surface area contributed by atoms with E-state index in [1.54, 1.807) is 57.5 Å². The van der Waals surface area contributed by atoms with Gasteiger partial charge >= 0.3 is 11.9 Å². The zero-order valence-corrected chi connectivity index (χ0v) is 25.2. The molecular formula is C35H31N3O7. The monoisotopic (exact) mass is 605 g/mol. The van der Waals surface area contributed by atoms with E-state index in [1.807, 2.05) is 48.5 Å². The Balaban J connectivity index is 1.45. The molecule has 1 amide bonds. The number of carbonyl (C=O) groups is 3. The molecule has 0 radical (unpaired) electrons. The Hall–Kier alpha value is -5.77. The van der Waals surface area contributed by atoms with E-state index in [1.165, 1.54) is 13.2 Å². The first-order valence-electron chi connectivity index (χ1n) is 14.1. The summed E-state index contributed by atoms with van der Waals surface area (Å²) in [6.07, 6.45) is -0.907. The molecule has 1 heterocycles. The van der Waals surface area contributed by atoms with E-state index in [4.69, 9.17) is 28.9 Å². The highest BCUT2D eigenvalue weighted by Gasteiger charge is 2.24. The van der Waals surface area contributed by atoms with E-state index < -0.39 is 23.9 Å². The van der Waals surface area contributed by atoms with Crippen molar-refractivity contribution in [2.75, 3.05) is 26.6 Å². The fraction of sp³-hybridized carbons (Fsp3) is 0.171. The van der Waals surface area contributed by atoms with Crippen molar-refractivity contribution >= 4 is 34.6 Å². The number of ether oxygens (including phenoxy) is 4. The second-order valence-corrected chi connectivity index (χ2v) is 9.91. The van der Waals surface area contributed by atoms with Gasteiger partial charge in [-0.15, -0.1) is 0 Å². The maximum Gasteiger partial charge on any atom is 0.339 e. The van der Waals surface area contributed by atoms with Crippen LogP contribution in [0, 0.1) is 0 Å². The van der Waals surface area contributed by atoms with Crippen molar-refractivity contribution in [1.82, 2.24) is 9.97 Å². The second kappa shape index (κ2) is 13.7. The van der Waals surface area contributed by atoms with Crippen molar-refractivity contribution in [3.8, 4) is 34.0 Å².